The minimum absolute atomic E-state index is 0.558. The number of piperazine rings is 1. The van der Waals surface area contributed by atoms with Crippen molar-refractivity contribution in [3.63, 3.8) is 0 Å². The first-order valence-electron chi connectivity index (χ1n) is 9.18. The molecule has 0 amide bonds. The molecule has 0 aliphatic carbocycles. The van der Waals surface area contributed by atoms with Crippen LogP contribution in [0, 0.1) is 6.92 Å². The van der Waals surface area contributed by atoms with Gasteiger partial charge in [-0.05, 0) is 30.2 Å². The molecule has 138 valence electrons. The number of nitrogens with one attached hydrogen (secondary N) is 1. The summed E-state index contributed by atoms with van der Waals surface area (Å²) in [6, 6.07) is 14.3. The van der Waals surface area contributed by atoms with E-state index in [1.165, 1.54) is 11.1 Å². The van der Waals surface area contributed by atoms with Crippen molar-refractivity contribution in [2.24, 2.45) is 0 Å². The van der Waals surface area contributed by atoms with Crippen molar-refractivity contribution in [1.29, 1.82) is 0 Å². The Hall–Kier alpha value is -3.22. The molecule has 0 saturated carbocycles. The third-order valence-electron chi connectivity index (χ3n) is 4.82. The zero-order chi connectivity index (χ0) is 18.5. The Bertz CT molecular complexity index is 876. The maximum atomic E-state index is 4.65. The van der Waals surface area contributed by atoms with Crippen LogP contribution in [0.15, 0.2) is 54.9 Å². The molecule has 2 aromatic heterocycles. The summed E-state index contributed by atoms with van der Waals surface area (Å²) in [4.78, 5) is 13.6. The van der Waals surface area contributed by atoms with E-state index in [4.69, 9.17) is 0 Å². The molecule has 0 atom stereocenters. The van der Waals surface area contributed by atoms with Crippen LogP contribution in [-0.2, 0) is 6.54 Å². The lowest BCUT2D eigenvalue weighted by atomic mass is 10.1. The van der Waals surface area contributed by atoms with E-state index in [1.54, 1.807) is 6.20 Å². The van der Waals surface area contributed by atoms with E-state index in [2.05, 4.69) is 60.4 Å². The van der Waals surface area contributed by atoms with E-state index in [0.29, 0.717) is 12.5 Å². The molecule has 1 N–H and O–H groups in total. The number of aromatic nitrogens is 4. The van der Waals surface area contributed by atoms with Gasteiger partial charge in [0.1, 0.15) is 5.82 Å². The van der Waals surface area contributed by atoms with Crippen LogP contribution in [0.2, 0.25) is 0 Å². The second-order valence-electron chi connectivity index (χ2n) is 6.58. The van der Waals surface area contributed by atoms with Gasteiger partial charge in [0.2, 0.25) is 5.95 Å². The molecule has 4 rings (SSSR count). The first-order valence-corrected chi connectivity index (χ1v) is 9.18. The lowest BCUT2D eigenvalue weighted by Crippen LogP contribution is -2.47. The highest BCUT2D eigenvalue weighted by Gasteiger charge is 2.19. The molecule has 1 aromatic carbocycles. The normalized spacial score (nSPS) is 14.3. The Morgan fingerprint density at radius 2 is 1.67 bits per heavy atom. The summed E-state index contributed by atoms with van der Waals surface area (Å²) < 4.78 is 0. The number of aryl methyl sites for hydroxylation is 1. The predicted octanol–water partition coefficient (Wildman–Crippen LogP) is 2.51. The van der Waals surface area contributed by atoms with Gasteiger partial charge in [-0.1, -0.05) is 30.3 Å². The molecule has 1 aliphatic heterocycles. The van der Waals surface area contributed by atoms with E-state index in [-0.39, 0.29) is 0 Å². The summed E-state index contributed by atoms with van der Waals surface area (Å²) in [5.74, 6) is 2.44. The average molecular weight is 361 g/mol. The molecule has 3 aromatic rings. The molecule has 27 heavy (non-hydrogen) atoms. The van der Waals surface area contributed by atoms with Gasteiger partial charge < -0.3 is 15.1 Å². The van der Waals surface area contributed by atoms with Gasteiger partial charge in [0.25, 0.3) is 0 Å². The average Bonchev–Trinajstić information content (AvgIpc) is 2.74. The molecule has 0 unspecified atom stereocenters. The lowest BCUT2D eigenvalue weighted by molar-refractivity contribution is 0.639. The van der Waals surface area contributed by atoms with Crippen molar-refractivity contribution in [3.05, 3.63) is 66.0 Å². The van der Waals surface area contributed by atoms with Crippen molar-refractivity contribution in [2.45, 2.75) is 13.5 Å². The Kier molecular flexibility index (Phi) is 5.09. The molecular weight excluding hydrogens is 338 g/mol. The largest absolute Gasteiger partial charge is 0.353 e. The third kappa shape index (κ3) is 4.13. The Balaban J connectivity index is 1.37. The second kappa shape index (κ2) is 7.99. The van der Waals surface area contributed by atoms with Crippen molar-refractivity contribution < 1.29 is 0 Å². The number of hydrogen-bond acceptors (Lipinski definition) is 7. The summed E-state index contributed by atoms with van der Waals surface area (Å²) in [5, 5.41) is 11.5. The molecule has 7 nitrogen and oxygen atoms in total. The van der Waals surface area contributed by atoms with E-state index in [0.717, 1.165) is 37.8 Å². The smallest absolute Gasteiger partial charge is 0.244 e. The van der Waals surface area contributed by atoms with E-state index in [1.807, 2.05) is 30.5 Å². The van der Waals surface area contributed by atoms with Crippen LogP contribution in [0.5, 0.6) is 0 Å². The molecule has 0 radical (unpaired) electrons. The fraction of sp³-hybridized carbons (Fsp3) is 0.300. The van der Waals surface area contributed by atoms with Crippen LogP contribution in [0.1, 0.15) is 11.1 Å². The number of pyridine rings is 1. The van der Waals surface area contributed by atoms with Gasteiger partial charge in [0, 0.05) is 38.9 Å². The highest BCUT2D eigenvalue weighted by molar-refractivity contribution is 5.45. The number of anilines is 3. The van der Waals surface area contributed by atoms with Gasteiger partial charge in [-0.3, -0.25) is 0 Å². The van der Waals surface area contributed by atoms with Gasteiger partial charge in [0.15, 0.2) is 5.82 Å². The van der Waals surface area contributed by atoms with E-state index < -0.39 is 0 Å². The van der Waals surface area contributed by atoms with E-state index >= 15 is 0 Å². The van der Waals surface area contributed by atoms with Gasteiger partial charge in [0.05, 0.1) is 6.20 Å². The minimum Gasteiger partial charge on any atom is -0.353 e. The van der Waals surface area contributed by atoms with Crippen LogP contribution in [0.25, 0.3) is 0 Å². The van der Waals surface area contributed by atoms with Crippen LogP contribution in [0.3, 0.4) is 0 Å². The molecular formula is C20H23N7. The SMILES string of the molecule is Cc1ccccc1CNc1nncc(N2CCN(c3ccccn3)CC2)n1. The molecule has 0 spiro atoms. The van der Waals surface area contributed by atoms with Gasteiger partial charge in [-0.15, -0.1) is 5.10 Å². The van der Waals surface area contributed by atoms with E-state index in [9.17, 15) is 0 Å². The predicted molar refractivity (Wildman–Crippen MR) is 107 cm³/mol. The Labute approximate surface area is 159 Å². The van der Waals surface area contributed by atoms with Gasteiger partial charge >= 0.3 is 0 Å². The molecule has 1 aliphatic rings. The molecule has 0 bridgehead atoms. The van der Waals surface area contributed by atoms with Crippen molar-refractivity contribution >= 4 is 17.6 Å². The Morgan fingerprint density at radius 1 is 0.926 bits per heavy atom. The first kappa shape index (κ1) is 17.2. The minimum atomic E-state index is 0.558. The maximum absolute atomic E-state index is 4.65. The number of nitrogens with zero attached hydrogens (tertiary/aromatic N) is 6. The fourth-order valence-corrected chi connectivity index (χ4v) is 3.21. The zero-order valence-electron chi connectivity index (χ0n) is 15.4. The monoisotopic (exact) mass is 361 g/mol. The van der Waals surface area contributed by atoms with Crippen LogP contribution < -0.4 is 15.1 Å². The molecule has 7 heteroatoms. The topological polar surface area (TPSA) is 70.1 Å². The Morgan fingerprint density at radius 3 is 2.41 bits per heavy atom. The summed E-state index contributed by atoms with van der Waals surface area (Å²) in [6.45, 7) is 6.37. The fourth-order valence-electron chi connectivity index (χ4n) is 3.21. The van der Waals surface area contributed by atoms with Crippen molar-refractivity contribution in [1.82, 2.24) is 20.2 Å². The van der Waals surface area contributed by atoms with Crippen LogP contribution >= 0.6 is 0 Å². The van der Waals surface area contributed by atoms with Crippen LogP contribution in [-0.4, -0.2) is 46.3 Å². The molecule has 3 heterocycles. The van der Waals surface area contributed by atoms with Crippen LogP contribution in [0.4, 0.5) is 17.6 Å². The van der Waals surface area contributed by atoms with Crippen molar-refractivity contribution in [3.8, 4) is 0 Å². The highest BCUT2D eigenvalue weighted by Crippen LogP contribution is 2.17. The van der Waals surface area contributed by atoms with Gasteiger partial charge in [-0.2, -0.15) is 10.1 Å². The zero-order valence-corrected chi connectivity index (χ0v) is 15.4. The lowest BCUT2D eigenvalue weighted by Gasteiger charge is -2.35. The third-order valence-corrected chi connectivity index (χ3v) is 4.82. The standard InChI is InChI=1S/C20H23N7/c1-16-6-2-3-7-17(16)14-22-20-24-19(15-23-25-20)27-12-10-26(11-13-27)18-8-4-5-9-21-18/h2-9,15H,10-14H2,1H3,(H,22,24,25). The summed E-state index contributed by atoms with van der Waals surface area (Å²) in [7, 11) is 0. The maximum Gasteiger partial charge on any atom is 0.244 e. The quantitative estimate of drug-likeness (QED) is 0.749. The number of benzene rings is 1. The number of hydrogen-bond donors (Lipinski definition) is 1. The highest BCUT2D eigenvalue weighted by atomic mass is 15.3. The molecule has 1 saturated heterocycles. The summed E-state index contributed by atoms with van der Waals surface area (Å²) in [5.41, 5.74) is 2.48. The summed E-state index contributed by atoms with van der Waals surface area (Å²) >= 11 is 0. The first-order chi connectivity index (χ1) is 13.3. The van der Waals surface area contributed by atoms with Gasteiger partial charge in [-0.25, -0.2) is 4.98 Å². The summed E-state index contributed by atoms with van der Waals surface area (Å²) in [6.07, 6.45) is 3.57. The van der Waals surface area contributed by atoms with Crippen molar-refractivity contribution in [2.75, 3.05) is 41.3 Å². The second-order valence-corrected chi connectivity index (χ2v) is 6.58. The molecule has 1 fully saturated rings. The number of rotatable bonds is 5.